The monoisotopic (exact) mass is 287 g/mol. The van der Waals surface area contributed by atoms with Crippen LogP contribution in [0.5, 0.6) is 5.75 Å². The number of rotatable bonds is 3. The van der Waals surface area contributed by atoms with Gasteiger partial charge in [0.1, 0.15) is 12.4 Å². The Morgan fingerprint density at radius 2 is 1.85 bits per heavy atom. The molecule has 1 aliphatic rings. The summed E-state index contributed by atoms with van der Waals surface area (Å²) < 4.78 is 5.79. The van der Waals surface area contributed by atoms with Crippen LogP contribution in [0.2, 0.25) is 5.02 Å². The van der Waals surface area contributed by atoms with Gasteiger partial charge in [-0.25, -0.2) is 0 Å². The molecular weight excluding hydrogens is 270 g/mol. The fourth-order valence-electron chi connectivity index (χ4n) is 2.55. The standard InChI is InChI=1S/C17H18ClNO/c18-16-7-3-1-5-14(16)9-10-19-11-12-20-17-8-4-2-6-15(17)13-19/h1-8H,9-13H2. The van der Waals surface area contributed by atoms with E-state index in [0.717, 1.165) is 43.4 Å². The molecule has 0 bridgehead atoms. The van der Waals surface area contributed by atoms with Crippen LogP contribution in [0, 0.1) is 0 Å². The van der Waals surface area contributed by atoms with Gasteiger partial charge in [0.05, 0.1) is 0 Å². The maximum atomic E-state index is 6.21. The third kappa shape index (κ3) is 3.14. The molecule has 0 radical (unpaired) electrons. The van der Waals surface area contributed by atoms with Crippen molar-refractivity contribution in [3.8, 4) is 5.75 Å². The molecule has 0 amide bonds. The Kier molecular flexibility index (Phi) is 4.24. The number of ether oxygens (including phenoxy) is 1. The first-order valence-corrected chi connectivity index (χ1v) is 7.37. The molecule has 0 aromatic heterocycles. The highest BCUT2D eigenvalue weighted by Crippen LogP contribution is 2.23. The first kappa shape index (κ1) is 13.5. The van der Waals surface area contributed by atoms with Crippen molar-refractivity contribution in [1.82, 2.24) is 4.90 Å². The van der Waals surface area contributed by atoms with Gasteiger partial charge >= 0.3 is 0 Å². The average Bonchev–Trinajstić information content (AvgIpc) is 2.68. The SMILES string of the molecule is Clc1ccccc1CCN1CCOc2ccccc2C1. The molecule has 104 valence electrons. The summed E-state index contributed by atoms with van der Waals surface area (Å²) in [5.74, 6) is 1.02. The molecule has 0 saturated carbocycles. The number of hydrogen-bond donors (Lipinski definition) is 0. The molecule has 0 N–H and O–H groups in total. The molecule has 0 aliphatic carbocycles. The van der Waals surface area contributed by atoms with Crippen LogP contribution in [0.25, 0.3) is 0 Å². The molecule has 20 heavy (non-hydrogen) atoms. The van der Waals surface area contributed by atoms with Crippen molar-refractivity contribution < 1.29 is 4.74 Å². The van der Waals surface area contributed by atoms with Crippen LogP contribution >= 0.6 is 11.6 Å². The van der Waals surface area contributed by atoms with E-state index in [-0.39, 0.29) is 0 Å². The van der Waals surface area contributed by atoms with Crippen molar-refractivity contribution in [3.63, 3.8) is 0 Å². The van der Waals surface area contributed by atoms with E-state index < -0.39 is 0 Å². The smallest absolute Gasteiger partial charge is 0.123 e. The van der Waals surface area contributed by atoms with E-state index in [0.29, 0.717) is 0 Å². The van der Waals surface area contributed by atoms with Gasteiger partial charge in [-0.05, 0) is 24.1 Å². The van der Waals surface area contributed by atoms with Gasteiger partial charge in [0.15, 0.2) is 0 Å². The summed E-state index contributed by atoms with van der Waals surface area (Å²) in [6, 6.07) is 16.4. The molecule has 0 fully saturated rings. The second kappa shape index (κ2) is 6.29. The molecule has 1 heterocycles. The Morgan fingerprint density at radius 1 is 1.05 bits per heavy atom. The molecule has 1 aliphatic heterocycles. The zero-order valence-electron chi connectivity index (χ0n) is 11.4. The van der Waals surface area contributed by atoms with Gasteiger partial charge in [-0.3, -0.25) is 4.90 Å². The highest BCUT2D eigenvalue weighted by Gasteiger charge is 2.14. The third-order valence-electron chi connectivity index (χ3n) is 3.69. The van der Waals surface area contributed by atoms with Gasteiger partial charge in [0, 0.05) is 30.2 Å². The number of nitrogens with zero attached hydrogens (tertiary/aromatic N) is 1. The van der Waals surface area contributed by atoms with E-state index in [1.54, 1.807) is 0 Å². The lowest BCUT2D eigenvalue weighted by Gasteiger charge is -2.19. The lowest BCUT2D eigenvalue weighted by Crippen LogP contribution is -2.28. The number of benzene rings is 2. The van der Waals surface area contributed by atoms with Gasteiger partial charge in [0.2, 0.25) is 0 Å². The van der Waals surface area contributed by atoms with E-state index in [4.69, 9.17) is 16.3 Å². The molecule has 0 atom stereocenters. The predicted octanol–water partition coefficient (Wildman–Crippen LogP) is 3.78. The fourth-order valence-corrected chi connectivity index (χ4v) is 2.78. The van der Waals surface area contributed by atoms with Crippen molar-refractivity contribution in [2.24, 2.45) is 0 Å². The van der Waals surface area contributed by atoms with Gasteiger partial charge < -0.3 is 4.74 Å². The molecule has 2 nitrogen and oxygen atoms in total. The minimum Gasteiger partial charge on any atom is -0.492 e. The Bertz CT molecular complexity index is 585. The molecule has 2 aromatic carbocycles. The molecule has 3 rings (SSSR count). The summed E-state index contributed by atoms with van der Waals surface area (Å²) in [5.41, 5.74) is 2.48. The quantitative estimate of drug-likeness (QED) is 0.852. The predicted molar refractivity (Wildman–Crippen MR) is 82.4 cm³/mol. The maximum absolute atomic E-state index is 6.21. The van der Waals surface area contributed by atoms with E-state index in [2.05, 4.69) is 23.1 Å². The van der Waals surface area contributed by atoms with Crippen LogP contribution < -0.4 is 4.74 Å². The largest absolute Gasteiger partial charge is 0.492 e. The molecular formula is C17H18ClNO. The van der Waals surface area contributed by atoms with Gasteiger partial charge in [-0.2, -0.15) is 0 Å². The van der Waals surface area contributed by atoms with Gasteiger partial charge in [-0.15, -0.1) is 0 Å². The lowest BCUT2D eigenvalue weighted by atomic mass is 10.1. The highest BCUT2D eigenvalue weighted by atomic mass is 35.5. The van der Waals surface area contributed by atoms with Gasteiger partial charge in [-0.1, -0.05) is 48.0 Å². The second-order valence-electron chi connectivity index (χ2n) is 5.07. The van der Waals surface area contributed by atoms with Gasteiger partial charge in [0.25, 0.3) is 0 Å². The Hall–Kier alpha value is -1.51. The third-order valence-corrected chi connectivity index (χ3v) is 4.06. The molecule has 0 saturated heterocycles. The summed E-state index contributed by atoms with van der Waals surface area (Å²) in [4.78, 5) is 2.43. The van der Waals surface area contributed by atoms with E-state index in [9.17, 15) is 0 Å². The molecule has 2 aromatic rings. The van der Waals surface area contributed by atoms with Crippen LogP contribution in [0.3, 0.4) is 0 Å². The number of halogens is 1. The average molecular weight is 288 g/mol. The topological polar surface area (TPSA) is 12.5 Å². The van der Waals surface area contributed by atoms with Crippen molar-refractivity contribution in [1.29, 1.82) is 0 Å². The highest BCUT2D eigenvalue weighted by molar-refractivity contribution is 6.31. The number of fused-ring (bicyclic) bond motifs is 1. The normalized spacial score (nSPS) is 15.2. The summed E-state index contributed by atoms with van der Waals surface area (Å²) in [5, 5.41) is 0.860. The van der Waals surface area contributed by atoms with Crippen molar-refractivity contribution in [2.75, 3.05) is 19.7 Å². The number of para-hydroxylation sites is 1. The molecule has 0 unspecified atom stereocenters. The first-order chi connectivity index (χ1) is 9.83. The summed E-state index contributed by atoms with van der Waals surface area (Å²) in [7, 11) is 0. The van der Waals surface area contributed by atoms with Crippen LogP contribution in [-0.2, 0) is 13.0 Å². The van der Waals surface area contributed by atoms with E-state index in [1.165, 1.54) is 11.1 Å². The number of hydrogen-bond acceptors (Lipinski definition) is 2. The Balaban J connectivity index is 1.66. The summed E-state index contributed by atoms with van der Waals surface area (Å²) >= 11 is 6.21. The van der Waals surface area contributed by atoms with Crippen LogP contribution in [-0.4, -0.2) is 24.6 Å². The van der Waals surface area contributed by atoms with Crippen LogP contribution in [0.15, 0.2) is 48.5 Å². The summed E-state index contributed by atoms with van der Waals surface area (Å²) in [6.45, 7) is 3.65. The zero-order valence-corrected chi connectivity index (χ0v) is 12.1. The fraction of sp³-hybridized carbons (Fsp3) is 0.294. The zero-order chi connectivity index (χ0) is 13.8. The Morgan fingerprint density at radius 3 is 2.75 bits per heavy atom. The van der Waals surface area contributed by atoms with E-state index in [1.807, 2.05) is 30.3 Å². The minimum absolute atomic E-state index is 0.750. The Labute approximate surface area is 124 Å². The van der Waals surface area contributed by atoms with Crippen LogP contribution in [0.4, 0.5) is 0 Å². The summed E-state index contributed by atoms with van der Waals surface area (Å²) in [6.07, 6.45) is 0.974. The molecule has 3 heteroatoms. The van der Waals surface area contributed by atoms with Crippen LogP contribution in [0.1, 0.15) is 11.1 Å². The first-order valence-electron chi connectivity index (χ1n) is 6.99. The maximum Gasteiger partial charge on any atom is 0.123 e. The minimum atomic E-state index is 0.750. The van der Waals surface area contributed by atoms with Crippen molar-refractivity contribution in [2.45, 2.75) is 13.0 Å². The lowest BCUT2D eigenvalue weighted by molar-refractivity contribution is 0.228. The second-order valence-corrected chi connectivity index (χ2v) is 5.48. The van der Waals surface area contributed by atoms with Crippen molar-refractivity contribution >= 4 is 11.6 Å². The van der Waals surface area contributed by atoms with E-state index >= 15 is 0 Å². The molecule has 0 spiro atoms. The van der Waals surface area contributed by atoms with Crippen molar-refractivity contribution in [3.05, 3.63) is 64.7 Å².